The van der Waals surface area contributed by atoms with Gasteiger partial charge in [-0.1, -0.05) is 13.8 Å². The van der Waals surface area contributed by atoms with E-state index in [1.807, 2.05) is 0 Å². The van der Waals surface area contributed by atoms with Crippen LogP contribution < -0.4 is 5.73 Å². The highest BCUT2D eigenvalue weighted by Crippen LogP contribution is 2.17. The molecule has 3 nitrogen and oxygen atoms in total. The number of likely N-dealkylation sites (N-methyl/N-ethyl adjacent to an activating group) is 1. The predicted molar refractivity (Wildman–Crippen MR) is 66.0 cm³/mol. The molecule has 0 aromatic carbocycles. The van der Waals surface area contributed by atoms with E-state index in [1.54, 1.807) is 0 Å². The molecule has 0 aromatic rings. The monoisotopic (exact) mass is 213 g/mol. The Bertz CT molecular complexity index is 166. The summed E-state index contributed by atoms with van der Waals surface area (Å²) in [4.78, 5) is 5.05. The average molecular weight is 213 g/mol. The zero-order valence-electron chi connectivity index (χ0n) is 10.6. The first-order valence-electron chi connectivity index (χ1n) is 6.37. The van der Waals surface area contributed by atoms with Crippen molar-refractivity contribution in [1.29, 1.82) is 0 Å². The van der Waals surface area contributed by atoms with Gasteiger partial charge in [0.15, 0.2) is 0 Å². The van der Waals surface area contributed by atoms with Crippen molar-refractivity contribution in [2.24, 2.45) is 11.7 Å². The molecule has 1 aliphatic heterocycles. The van der Waals surface area contributed by atoms with Gasteiger partial charge in [-0.2, -0.15) is 0 Å². The van der Waals surface area contributed by atoms with E-state index in [2.05, 4.69) is 30.6 Å². The fourth-order valence-electron chi connectivity index (χ4n) is 2.32. The third-order valence-corrected chi connectivity index (χ3v) is 3.68. The molecule has 1 saturated heterocycles. The van der Waals surface area contributed by atoms with E-state index >= 15 is 0 Å². The van der Waals surface area contributed by atoms with Gasteiger partial charge in [-0.05, 0) is 38.9 Å². The third-order valence-electron chi connectivity index (χ3n) is 3.68. The Morgan fingerprint density at radius 3 is 2.53 bits per heavy atom. The highest BCUT2D eigenvalue weighted by atomic mass is 15.2. The van der Waals surface area contributed by atoms with Crippen molar-refractivity contribution in [2.75, 3.05) is 39.3 Å². The minimum Gasteiger partial charge on any atom is -0.328 e. The summed E-state index contributed by atoms with van der Waals surface area (Å²) in [5, 5.41) is 0. The smallest absolute Gasteiger partial charge is 0.0109 e. The van der Waals surface area contributed by atoms with Gasteiger partial charge in [-0.15, -0.1) is 0 Å². The van der Waals surface area contributed by atoms with E-state index in [0.29, 0.717) is 6.04 Å². The maximum absolute atomic E-state index is 5.93. The van der Waals surface area contributed by atoms with Crippen LogP contribution in [0.2, 0.25) is 0 Å². The summed E-state index contributed by atoms with van der Waals surface area (Å²) < 4.78 is 0. The van der Waals surface area contributed by atoms with Crippen LogP contribution in [0.3, 0.4) is 0 Å². The van der Waals surface area contributed by atoms with Gasteiger partial charge in [-0.3, -0.25) is 0 Å². The summed E-state index contributed by atoms with van der Waals surface area (Å²) in [6.07, 6.45) is 1.29. The minimum absolute atomic E-state index is 0.364. The lowest BCUT2D eigenvalue weighted by Gasteiger charge is -2.23. The number of nitrogens with two attached hydrogens (primary N) is 1. The molecule has 0 bridgehead atoms. The molecule has 1 fully saturated rings. The van der Waals surface area contributed by atoms with Gasteiger partial charge in [0.1, 0.15) is 0 Å². The standard InChI is InChI=1S/C12H27N3/c1-4-14(5-2)8-9-15-7-6-12(10-15)11(3)13/h11-12H,4-10,13H2,1-3H3. The number of hydrogen-bond acceptors (Lipinski definition) is 3. The lowest BCUT2D eigenvalue weighted by atomic mass is 10.0. The number of rotatable bonds is 6. The zero-order chi connectivity index (χ0) is 11.3. The van der Waals surface area contributed by atoms with Crippen molar-refractivity contribution in [3.8, 4) is 0 Å². The molecule has 0 spiro atoms. The van der Waals surface area contributed by atoms with Crippen LogP contribution in [-0.2, 0) is 0 Å². The highest BCUT2D eigenvalue weighted by Gasteiger charge is 2.24. The fraction of sp³-hybridized carbons (Fsp3) is 1.00. The molecule has 90 valence electrons. The maximum Gasteiger partial charge on any atom is 0.0109 e. The Kier molecular flexibility index (Phi) is 5.58. The SMILES string of the molecule is CCN(CC)CCN1CCC(C(C)N)C1. The summed E-state index contributed by atoms with van der Waals surface area (Å²) in [7, 11) is 0. The van der Waals surface area contributed by atoms with Gasteiger partial charge in [0.2, 0.25) is 0 Å². The normalized spacial score (nSPS) is 25.0. The summed E-state index contributed by atoms with van der Waals surface area (Å²) >= 11 is 0. The molecule has 0 radical (unpaired) electrons. The molecular formula is C12H27N3. The predicted octanol–water partition coefficient (Wildman–Crippen LogP) is 0.997. The van der Waals surface area contributed by atoms with E-state index in [1.165, 1.54) is 45.7 Å². The van der Waals surface area contributed by atoms with Crippen molar-refractivity contribution in [2.45, 2.75) is 33.2 Å². The molecule has 1 aliphatic rings. The van der Waals surface area contributed by atoms with Crippen molar-refractivity contribution < 1.29 is 0 Å². The minimum atomic E-state index is 0.364. The molecule has 0 aliphatic carbocycles. The van der Waals surface area contributed by atoms with E-state index in [0.717, 1.165) is 5.92 Å². The molecular weight excluding hydrogens is 186 g/mol. The van der Waals surface area contributed by atoms with E-state index in [9.17, 15) is 0 Å². The Labute approximate surface area is 94.6 Å². The van der Waals surface area contributed by atoms with Gasteiger partial charge < -0.3 is 15.5 Å². The largest absolute Gasteiger partial charge is 0.328 e. The number of hydrogen-bond donors (Lipinski definition) is 1. The van der Waals surface area contributed by atoms with Crippen LogP contribution in [0, 0.1) is 5.92 Å². The average Bonchev–Trinajstić information content (AvgIpc) is 2.68. The molecule has 2 atom stereocenters. The molecule has 15 heavy (non-hydrogen) atoms. The van der Waals surface area contributed by atoms with Gasteiger partial charge in [-0.25, -0.2) is 0 Å². The Hall–Kier alpha value is -0.120. The number of nitrogens with zero attached hydrogens (tertiary/aromatic N) is 2. The number of likely N-dealkylation sites (tertiary alicyclic amines) is 1. The third kappa shape index (κ3) is 4.09. The maximum atomic E-state index is 5.93. The van der Waals surface area contributed by atoms with Crippen LogP contribution in [0.25, 0.3) is 0 Å². The highest BCUT2D eigenvalue weighted by molar-refractivity contribution is 4.81. The van der Waals surface area contributed by atoms with E-state index in [-0.39, 0.29) is 0 Å². The molecule has 2 unspecified atom stereocenters. The second-order valence-corrected chi connectivity index (χ2v) is 4.74. The van der Waals surface area contributed by atoms with Crippen LogP contribution in [0.1, 0.15) is 27.2 Å². The second-order valence-electron chi connectivity index (χ2n) is 4.74. The molecule has 0 saturated carbocycles. The first kappa shape index (κ1) is 12.9. The van der Waals surface area contributed by atoms with Crippen molar-refractivity contribution >= 4 is 0 Å². The van der Waals surface area contributed by atoms with Crippen LogP contribution in [-0.4, -0.2) is 55.1 Å². The Balaban J connectivity index is 2.18. The summed E-state index contributed by atoms with van der Waals surface area (Å²) in [5.41, 5.74) is 5.93. The molecule has 1 rings (SSSR count). The van der Waals surface area contributed by atoms with Crippen LogP contribution in [0.5, 0.6) is 0 Å². The van der Waals surface area contributed by atoms with Crippen LogP contribution >= 0.6 is 0 Å². The summed E-state index contributed by atoms with van der Waals surface area (Å²) in [6.45, 7) is 13.8. The molecule has 2 N–H and O–H groups in total. The fourth-order valence-corrected chi connectivity index (χ4v) is 2.32. The van der Waals surface area contributed by atoms with Gasteiger partial charge in [0, 0.05) is 25.7 Å². The topological polar surface area (TPSA) is 32.5 Å². The summed E-state index contributed by atoms with van der Waals surface area (Å²) in [5.74, 6) is 0.724. The van der Waals surface area contributed by atoms with Crippen LogP contribution in [0.15, 0.2) is 0 Å². The molecule has 0 amide bonds. The Morgan fingerprint density at radius 2 is 2.07 bits per heavy atom. The van der Waals surface area contributed by atoms with Crippen LogP contribution in [0.4, 0.5) is 0 Å². The molecule has 3 heteroatoms. The van der Waals surface area contributed by atoms with E-state index < -0.39 is 0 Å². The second kappa shape index (κ2) is 6.46. The zero-order valence-corrected chi connectivity index (χ0v) is 10.6. The quantitative estimate of drug-likeness (QED) is 0.714. The van der Waals surface area contributed by atoms with Gasteiger partial charge in [0.05, 0.1) is 0 Å². The van der Waals surface area contributed by atoms with Gasteiger partial charge in [0.25, 0.3) is 0 Å². The molecule has 0 aromatic heterocycles. The first-order chi connectivity index (χ1) is 7.17. The molecule has 1 heterocycles. The lowest BCUT2D eigenvalue weighted by molar-refractivity contribution is 0.234. The summed E-state index contributed by atoms with van der Waals surface area (Å²) in [6, 6.07) is 0.364. The van der Waals surface area contributed by atoms with E-state index in [4.69, 9.17) is 5.73 Å². The van der Waals surface area contributed by atoms with Crippen molar-refractivity contribution in [3.05, 3.63) is 0 Å². The Morgan fingerprint density at radius 1 is 1.40 bits per heavy atom. The first-order valence-corrected chi connectivity index (χ1v) is 6.37. The van der Waals surface area contributed by atoms with Gasteiger partial charge >= 0.3 is 0 Å². The lowest BCUT2D eigenvalue weighted by Crippen LogP contribution is -2.35. The van der Waals surface area contributed by atoms with Crippen molar-refractivity contribution in [1.82, 2.24) is 9.80 Å². The van der Waals surface area contributed by atoms with Crippen molar-refractivity contribution in [3.63, 3.8) is 0 Å².